The Labute approximate surface area is 75.1 Å². The van der Waals surface area contributed by atoms with E-state index in [1.54, 1.807) is 0 Å². The number of aliphatic hydroxyl groups is 1. The molecular formula is C9H21NO2. The van der Waals surface area contributed by atoms with Gasteiger partial charge in [0.2, 0.25) is 0 Å². The first-order valence-corrected chi connectivity index (χ1v) is 4.45. The average Bonchev–Trinajstić information content (AvgIpc) is 1.94. The molecule has 3 nitrogen and oxygen atoms in total. The van der Waals surface area contributed by atoms with Crippen LogP contribution in [-0.4, -0.2) is 38.0 Å². The van der Waals surface area contributed by atoms with Crippen molar-refractivity contribution in [2.75, 3.05) is 32.9 Å². The molecule has 2 N–H and O–H groups in total. The first kappa shape index (κ1) is 11.9. The highest BCUT2D eigenvalue weighted by atomic mass is 16.5. The number of ether oxygens (including phenoxy) is 1. The Bertz CT molecular complexity index is 99.2. The molecule has 0 rings (SSSR count). The van der Waals surface area contributed by atoms with E-state index in [-0.39, 0.29) is 12.0 Å². The summed E-state index contributed by atoms with van der Waals surface area (Å²) in [6, 6.07) is 0. The molecule has 0 aliphatic rings. The van der Waals surface area contributed by atoms with Gasteiger partial charge in [0.25, 0.3) is 0 Å². The lowest BCUT2D eigenvalue weighted by Crippen LogP contribution is -2.25. The predicted octanol–water partition coefficient (Wildman–Crippen LogP) is 0.631. The van der Waals surface area contributed by atoms with Gasteiger partial charge in [-0.05, 0) is 5.41 Å². The molecule has 0 aromatic heterocycles. The number of hydrogen-bond acceptors (Lipinski definition) is 3. The first-order chi connectivity index (χ1) is 5.56. The van der Waals surface area contributed by atoms with E-state index < -0.39 is 0 Å². The maximum Gasteiger partial charge on any atom is 0.0591 e. The molecule has 0 atom stereocenters. The van der Waals surface area contributed by atoms with Gasteiger partial charge in [0, 0.05) is 13.1 Å². The molecule has 0 saturated heterocycles. The lowest BCUT2D eigenvalue weighted by Gasteiger charge is -2.17. The zero-order valence-electron chi connectivity index (χ0n) is 8.39. The standard InChI is InChI=1S/C9H21NO2/c1-9(2,3)8-12-7-5-10-4-6-11/h10-11H,4-8H2,1-3H3. The minimum absolute atomic E-state index is 0.194. The summed E-state index contributed by atoms with van der Waals surface area (Å²) in [5.74, 6) is 0. The largest absolute Gasteiger partial charge is 0.395 e. The Hall–Kier alpha value is -0.120. The topological polar surface area (TPSA) is 41.5 Å². The quantitative estimate of drug-likeness (QED) is 0.582. The van der Waals surface area contributed by atoms with E-state index in [0.717, 1.165) is 19.8 Å². The van der Waals surface area contributed by atoms with Crippen molar-refractivity contribution in [1.29, 1.82) is 0 Å². The molecule has 0 amide bonds. The zero-order chi connectivity index (χ0) is 9.45. The van der Waals surface area contributed by atoms with Crippen LogP contribution in [-0.2, 0) is 4.74 Å². The van der Waals surface area contributed by atoms with Crippen molar-refractivity contribution in [2.45, 2.75) is 20.8 Å². The molecular weight excluding hydrogens is 154 g/mol. The lowest BCUT2D eigenvalue weighted by atomic mass is 9.99. The highest BCUT2D eigenvalue weighted by Gasteiger charge is 2.08. The second-order valence-electron chi connectivity index (χ2n) is 4.09. The molecule has 0 radical (unpaired) electrons. The summed E-state index contributed by atoms with van der Waals surface area (Å²) in [4.78, 5) is 0. The number of nitrogens with one attached hydrogen (secondary N) is 1. The van der Waals surface area contributed by atoms with E-state index in [1.165, 1.54) is 0 Å². The smallest absolute Gasteiger partial charge is 0.0591 e. The van der Waals surface area contributed by atoms with Crippen LogP contribution in [0.2, 0.25) is 0 Å². The van der Waals surface area contributed by atoms with E-state index in [4.69, 9.17) is 9.84 Å². The Balaban J connectivity index is 3.01. The molecule has 0 bridgehead atoms. The van der Waals surface area contributed by atoms with Crippen molar-refractivity contribution in [2.24, 2.45) is 5.41 Å². The first-order valence-electron chi connectivity index (χ1n) is 4.45. The summed E-state index contributed by atoms with van der Waals surface area (Å²) in [6.45, 7) is 9.61. The van der Waals surface area contributed by atoms with Crippen LogP contribution in [0.4, 0.5) is 0 Å². The minimum atomic E-state index is 0.194. The van der Waals surface area contributed by atoms with E-state index in [9.17, 15) is 0 Å². The number of rotatable bonds is 6. The van der Waals surface area contributed by atoms with Crippen LogP contribution in [0.25, 0.3) is 0 Å². The van der Waals surface area contributed by atoms with Crippen LogP contribution in [0.3, 0.4) is 0 Å². The van der Waals surface area contributed by atoms with Gasteiger partial charge in [0.1, 0.15) is 0 Å². The van der Waals surface area contributed by atoms with Gasteiger partial charge in [-0.3, -0.25) is 0 Å². The molecule has 0 unspecified atom stereocenters. The van der Waals surface area contributed by atoms with Crippen molar-refractivity contribution in [1.82, 2.24) is 5.32 Å². The van der Waals surface area contributed by atoms with Crippen LogP contribution < -0.4 is 5.32 Å². The van der Waals surface area contributed by atoms with Crippen LogP contribution in [0.5, 0.6) is 0 Å². The number of aliphatic hydroxyl groups excluding tert-OH is 1. The van der Waals surface area contributed by atoms with Crippen LogP contribution in [0, 0.1) is 5.41 Å². The Morgan fingerprint density at radius 2 is 1.92 bits per heavy atom. The summed E-state index contributed by atoms with van der Waals surface area (Å²) in [6.07, 6.45) is 0. The van der Waals surface area contributed by atoms with E-state index >= 15 is 0 Å². The van der Waals surface area contributed by atoms with Gasteiger partial charge in [0.05, 0.1) is 19.8 Å². The van der Waals surface area contributed by atoms with Crippen molar-refractivity contribution >= 4 is 0 Å². The summed E-state index contributed by atoms with van der Waals surface area (Å²) in [7, 11) is 0. The van der Waals surface area contributed by atoms with Gasteiger partial charge >= 0.3 is 0 Å². The Kier molecular flexibility index (Phi) is 6.34. The third-order valence-electron chi connectivity index (χ3n) is 1.25. The fourth-order valence-corrected chi connectivity index (χ4v) is 0.727. The maximum absolute atomic E-state index is 8.45. The summed E-state index contributed by atoms with van der Waals surface area (Å²) in [5, 5.41) is 11.5. The lowest BCUT2D eigenvalue weighted by molar-refractivity contribution is 0.0725. The van der Waals surface area contributed by atoms with Crippen LogP contribution >= 0.6 is 0 Å². The highest BCUT2D eigenvalue weighted by molar-refractivity contribution is 4.58. The molecule has 3 heteroatoms. The van der Waals surface area contributed by atoms with Gasteiger partial charge < -0.3 is 15.2 Å². The predicted molar refractivity (Wildman–Crippen MR) is 50.2 cm³/mol. The molecule has 74 valence electrons. The molecule has 0 aromatic carbocycles. The fraction of sp³-hybridized carbons (Fsp3) is 1.00. The van der Waals surface area contributed by atoms with Gasteiger partial charge in [-0.15, -0.1) is 0 Å². The third kappa shape index (κ3) is 9.88. The molecule has 0 aromatic rings. The molecule has 0 heterocycles. The number of hydrogen-bond donors (Lipinski definition) is 2. The van der Waals surface area contributed by atoms with Crippen molar-refractivity contribution in [3.63, 3.8) is 0 Å². The fourth-order valence-electron chi connectivity index (χ4n) is 0.727. The molecule has 0 aliphatic heterocycles. The highest BCUT2D eigenvalue weighted by Crippen LogP contribution is 2.12. The van der Waals surface area contributed by atoms with Gasteiger partial charge in [-0.25, -0.2) is 0 Å². The summed E-state index contributed by atoms with van der Waals surface area (Å²) in [5.41, 5.74) is 0.247. The van der Waals surface area contributed by atoms with Crippen molar-refractivity contribution in [3.05, 3.63) is 0 Å². The van der Waals surface area contributed by atoms with Crippen LogP contribution in [0.15, 0.2) is 0 Å². The van der Waals surface area contributed by atoms with Gasteiger partial charge in [0.15, 0.2) is 0 Å². The second kappa shape index (κ2) is 6.40. The summed E-state index contributed by atoms with van der Waals surface area (Å²) < 4.78 is 5.40. The third-order valence-corrected chi connectivity index (χ3v) is 1.25. The van der Waals surface area contributed by atoms with Gasteiger partial charge in [-0.1, -0.05) is 20.8 Å². The second-order valence-corrected chi connectivity index (χ2v) is 4.09. The van der Waals surface area contributed by atoms with E-state index in [2.05, 4.69) is 26.1 Å². The molecule has 0 fully saturated rings. The van der Waals surface area contributed by atoms with Crippen molar-refractivity contribution < 1.29 is 9.84 Å². The maximum atomic E-state index is 8.45. The average molecular weight is 175 g/mol. The normalized spacial score (nSPS) is 12.0. The van der Waals surface area contributed by atoms with Crippen molar-refractivity contribution in [3.8, 4) is 0 Å². The Morgan fingerprint density at radius 1 is 1.25 bits per heavy atom. The monoisotopic (exact) mass is 175 g/mol. The van der Waals surface area contributed by atoms with E-state index in [1.807, 2.05) is 0 Å². The van der Waals surface area contributed by atoms with E-state index in [0.29, 0.717) is 6.54 Å². The zero-order valence-corrected chi connectivity index (χ0v) is 8.39. The Morgan fingerprint density at radius 3 is 2.42 bits per heavy atom. The molecule has 0 spiro atoms. The minimum Gasteiger partial charge on any atom is -0.395 e. The molecule has 0 aliphatic carbocycles. The summed E-state index contributed by atoms with van der Waals surface area (Å²) >= 11 is 0. The van der Waals surface area contributed by atoms with Crippen LogP contribution in [0.1, 0.15) is 20.8 Å². The molecule has 12 heavy (non-hydrogen) atoms. The SMILES string of the molecule is CC(C)(C)COCCNCCO. The molecule has 0 saturated carbocycles. The van der Waals surface area contributed by atoms with Gasteiger partial charge in [-0.2, -0.15) is 0 Å².